The Kier molecular flexibility index (Phi) is 2.84. The van der Waals surface area contributed by atoms with E-state index in [4.69, 9.17) is 4.55 Å². The SMILES string of the molecule is CC[C@@H]1CC(=O)[C@@H]2CN1C(=O)N2OS(=O)(=O)O. The van der Waals surface area contributed by atoms with Gasteiger partial charge in [0.25, 0.3) is 0 Å². The standard InChI is InChI=1S/C8H12N2O6S/c1-2-5-3-7(11)6-4-9(5)8(12)10(6)16-17(13,14)15/h5-6H,2-4H2,1H3,(H,13,14,15)/t5-,6+/m1/s1. The van der Waals surface area contributed by atoms with Gasteiger partial charge in [-0.2, -0.15) is 13.5 Å². The Bertz CT molecular complexity index is 461. The summed E-state index contributed by atoms with van der Waals surface area (Å²) in [4.78, 5) is 24.9. The number of carbonyl (C=O) groups excluding carboxylic acids is 2. The van der Waals surface area contributed by atoms with Crippen molar-refractivity contribution in [3.05, 3.63) is 0 Å². The summed E-state index contributed by atoms with van der Waals surface area (Å²) in [5.74, 6) is -0.261. The van der Waals surface area contributed by atoms with Crippen LogP contribution in [0.4, 0.5) is 4.79 Å². The van der Waals surface area contributed by atoms with Gasteiger partial charge in [-0.05, 0) is 6.42 Å². The molecule has 2 rings (SSSR count). The van der Waals surface area contributed by atoms with Crippen LogP contribution in [0.5, 0.6) is 0 Å². The summed E-state index contributed by atoms with van der Waals surface area (Å²) in [5.41, 5.74) is 0. The van der Waals surface area contributed by atoms with Crippen molar-refractivity contribution in [2.24, 2.45) is 0 Å². The van der Waals surface area contributed by atoms with Crippen LogP contribution in [0, 0.1) is 0 Å². The molecule has 2 bridgehead atoms. The Hall–Kier alpha value is -1.19. The first-order valence-electron chi connectivity index (χ1n) is 5.13. The summed E-state index contributed by atoms with van der Waals surface area (Å²) in [6.45, 7) is 1.93. The number of hydrogen-bond donors (Lipinski definition) is 1. The Morgan fingerprint density at radius 2 is 2.12 bits per heavy atom. The van der Waals surface area contributed by atoms with Crippen LogP contribution in [0.15, 0.2) is 0 Å². The molecular weight excluding hydrogens is 252 g/mol. The number of ketones is 1. The Balaban J connectivity index is 2.26. The number of hydrogen-bond acceptors (Lipinski definition) is 5. The van der Waals surface area contributed by atoms with Gasteiger partial charge < -0.3 is 4.90 Å². The number of fused-ring (bicyclic) bond motifs is 2. The number of rotatable bonds is 3. The molecule has 0 aromatic rings. The van der Waals surface area contributed by atoms with E-state index in [1.165, 1.54) is 4.90 Å². The highest BCUT2D eigenvalue weighted by Crippen LogP contribution is 2.29. The summed E-state index contributed by atoms with van der Waals surface area (Å²) in [6.07, 6.45) is 0.780. The molecule has 0 spiro atoms. The summed E-state index contributed by atoms with van der Waals surface area (Å²) in [7, 11) is -4.80. The number of amides is 2. The topological polar surface area (TPSA) is 104 Å². The molecule has 1 N–H and O–H groups in total. The summed E-state index contributed by atoms with van der Waals surface area (Å²) >= 11 is 0. The van der Waals surface area contributed by atoms with Crippen LogP contribution < -0.4 is 0 Å². The van der Waals surface area contributed by atoms with Crippen molar-refractivity contribution in [3.8, 4) is 0 Å². The Morgan fingerprint density at radius 3 is 2.65 bits per heavy atom. The van der Waals surface area contributed by atoms with Gasteiger partial charge in [0.1, 0.15) is 6.04 Å². The van der Waals surface area contributed by atoms with E-state index in [9.17, 15) is 18.0 Å². The molecule has 0 radical (unpaired) electrons. The van der Waals surface area contributed by atoms with Crippen LogP contribution in [0.3, 0.4) is 0 Å². The lowest BCUT2D eigenvalue weighted by Crippen LogP contribution is -2.44. The van der Waals surface area contributed by atoms with E-state index >= 15 is 0 Å². The third-order valence-electron chi connectivity index (χ3n) is 2.98. The second kappa shape index (κ2) is 3.93. The van der Waals surface area contributed by atoms with Crippen molar-refractivity contribution in [2.75, 3.05) is 6.54 Å². The first kappa shape index (κ1) is 12.3. The molecular formula is C8H12N2O6S. The van der Waals surface area contributed by atoms with Crippen molar-refractivity contribution in [3.63, 3.8) is 0 Å². The number of urea groups is 1. The Labute approximate surface area is 98.0 Å². The van der Waals surface area contributed by atoms with E-state index < -0.39 is 22.5 Å². The van der Waals surface area contributed by atoms with Gasteiger partial charge in [-0.15, -0.1) is 4.28 Å². The zero-order valence-electron chi connectivity index (χ0n) is 9.07. The average Bonchev–Trinajstić information content (AvgIpc) is 2.48. The lowest BCUT2D eigenvalue weighted by atomic mass is 9.98. The normalized spacial score (nSPS) is 29.1. The molecule has 0 aromatic heterocycles. The second-order valence-electron chi connectivity index (χ2n) is 4.01. The van der Waals surface area contributed by atoms with Gasteiger partial charge in [-0.3, -0.25) is 9.35 Å². The lowest BCUT2D eigenvalue weighted by molar-refractivity contribution is -0.131. The van der Waals surface area contributed by atoms with Crippen LogP contribution in [0.25, 0.3) is 0 Å². The van der Waals surface area contributed by atoms with Gasteiger partial charge in [0.15, 0.2) is 5.78 Å². The maximum Gasteiger partial charge on any atom is 0.418 e. The van der Waals surface area contributed by atoms with Crippen molar-refractivity contribution in [1.29, 1.82) is 0 Å². The quantitative estimate of drug-likeness (QED) is 0.694. The van der Waals surface area contributed by atoms with Gasteiger partial charge in [-0.1, -0.05) is 6.92 Å². The number of piperidine rings is 1. The fourth-order valence-electron chi connectivity index (χ4n) is 2.16. The summed E-state index contributed by atoms with van der Waals surface area (Å²) in [5, 5.41) is 0.438. The van der Waals surface area contributed by atoms with Crippen molar-refractivity contribution >= 4 is 22.2 Å². The third-order valence-corrected chi connectivity index (χ3v) is 3.33. The largest absolute Gasteiger partial charge is 0.418 e. The van der Waals surface area contributed by atoms with E-state index in [2.05, 4.69) is 4.28 Å². The van der Waals surface area contributed by atoms with Crippen LogP contribution in [0.2, 0.25) is 0 Å². The van der Waals surface area contributed by atoms with Gasteiger partial charge in [0.2, 0.25) is 0 Å². The fourth-order valence-corrected chi connectivity index (χ4v) is 2.54. The molecule has 2 fully saturated rings. The second-order valence-corrected chi connectivity index (χ2v) is 5.02. The molecule has 2 aliphatic rings. The molecule has 2 amide bonds. The molecule has 17 heavy (non-hydrogen) atoms. The highest BCUT2D eigenvalue weighted by Gasteiger charge is 2.50. The van der Waals surface area contributed by atoms with E-state index in [-0.39, 0.29) is 24.8 Å². The van der Waals surface area contributed by atoms with E-state index in [1.54, 1.807) is 0 Å². The van der Waals surface area contributed by atoms with E-state index in [0.717, 1.165) is 0 Å². The van der Waals surface area contributed by atoms with Gasteiger partial charge in [0.05, 0.1) is 6.54 Å². The van der Waals surface area contributed by atoms with Crippen molar-refractivity contribution in [1.82, 2.24) is 9.96 Å². The number of nitrogens with zero attached hydrogens (tertiary/aromatic N) is 2. The fraction of sp³-hybridized carbons (Fsp3) is 0.750. The summed E-state index contributed by atoms with van der Waals surface area (Å²) in [6, 6.07) is -1.89. The minimum Gasteiger partial charge on any atom is -0.317 e. The van der Waals surface area contributed by atoms with Gasteiger partial charge >= 0.3 is 16.4 Å². The molecule has 2 aliphatic heterocycles. The van der Waals surface area contributed by atoms with Crippen LogP contribution in [-0.2, 0) is 19.5 Å². The number of carbonyl (C=O) groups is 2. The van der Waals surface area contributed by atoms with Gasteiger partial charge in [-0.25, -0.2) is 4.79 Å². The molecule has 9 heteroatoms. The average molecular weight is 264 g/mol. The monoisotopic (exact) mass is 264 g/mol. The van der Waals surface area contributed by atoms with Crippen LogP contribution >= 0.6 is 0 Å². The summed E-state index contributed by atoms with van der Waals surface area (Å²) < 4.78 is 33.9. The predicted octanol–water partition coefficient (Wildman–Crippen LogP) is -0.422. The highest BCUT2D eigenvalue weighted by molar-refractivity contribution is 7.80. The number of hydroxylamine groups is 2. The minimum absolute atomic E-state index is 0.103. The molecule has 0 aromatic carbocycles. The predicted molar refractivity (Wildman–Crippen MR) is 54.1 cm³/mol. The van der Waals surface area contributed by atoms with Crippen LogP contribution in [-0.4, -0.2) is 53.4 Å². The lowest BCUT2D eigenvalue weighted by Gasteiger charge is -2.28. The zero-order chi connectivity index (χ0) is 12.8. The maximum absolute atomic E-state index is 11.8. The smallest absolute Gasteiger partial charge is 0.317 e. The molecule has 96 valence electrons. The molecule has 2 heterocycles. The first-order valence-corrected chi connectivity index (χ1v) is 6.49. The Morgan fingerprint density at radius 1 is 1.47 bits per heavy atom. The van der Waals surface area contributed by atoms with Crippen molar-refractivity contribution in [2.45, 2.75) is 31.8 Å². The van der Waals surface area contributed by atoms with Crippen LogP contribution in [0.1, 0.15) is 19.8 Å². The molecule has 2 atom stereocenters. The third kappa shape index (κ3) is 2.13. The first-order chi connectivity index (χ1) is 7.83. The molecule has 0 aliphatic carbocycles. The van der Waals surface area contributed by atoms with E-state index in [0.29, 0.717) is 11.5 Å². The maximum atomic E-state index is 11.8. The molecule has 8 nitrogen and oxygen atoms in total. The molecule has 0 saturated carbocycles. The van der Waals surface area contributed by atoms with Crippen molar-refractivity contribution < 1.29 is 26.8 Å². The van der Waals surface area contributed by atoms with E-state index in [1.807, 2.05) is 6.92 Å². The van der Waals surface area contributed by atoms with Gasteiger partial charge in [0, 0.05) is 12.5 Å². The highest BCUT2D eigenvalue weighted by atomic mass is 32.3. The molecule has 0 unspecified atom stereocenters. The zero-order valence-corrected chi connectivity index (χ0v) is 9.88. The minimum atomic E-state index is -4.80. The number of Topliss-reactive ketones (excluding diaryl/α,β-unsaturated/α-hetero) is 1. The molecule has 2 saturated heterocycles.